The van der Waals surface area contributed by atoms with Gasteiger partial charge in [-0.1, -0.05) is 56.3 Å². The number of carboxylic acids is 1. The zero-order valence-corrected chi connectivity index (χ0v) is 14.4. The normalized spacial score (nSPS) is 11.1. The highest BCUT2D eigenvalue weighted by molar-refractivity contribution is 5.69. The van der Waals surface area contributed by atoms with Gasteiger partial charge in [0.05, 0.1) is 13.0 Å². The summed E-state index contributed by atoms with van der Waals surface area (Å²) in [4.78, 5) is 11.2. The van der Waals surface area contributed by atoms with Gasteiger partial charge in [0, 0.05) is 11.0 Å². The van der Waals surface area contributed by atoms with Crippen molar-refractivity contribution in [2.45, 2.75) is 39.2 Å². The van der Waals surface area contributed by atoms with Gasteiger partial charge in [-0.3, -0.25) is 4.79 Å². The highest BCUT2D eigenvalue weighted by Gasteiger charge is 2.29. The highest BCUT2D eigenvalue weighted by atomic mass is 16.5. The Balaban J connectivity index is 2.36. The first kappa shape index (κ1) is 17.9. The molecule has 0 saturated heterocycles. The molecule has 0 atom stereocenters. The first-order valence-electron chi connectivity index (χ1n) is 8.09. The number of carbonyl (C=O) groups is 1. The van der Waals surface area contributed by atoms with Crippen molar-refractivity contribution in [1.82, 2.24) is 0 Å². The number of ether oxygens (including phenoxy) is 2. The zero-order valence-electron chi connectivity index (χ0n) is 14.4. The third-order valence-electron chi connectivity index (χ3n) is 3.83. The van der Waals surface area contributed by atoms with Crippen LogP contribution in [0.2, 0.25) is 0 Å². The lowest BCUT2D eigenvalue weighted by Crippen LogP contribution is -2.23. The highest BCUT2D eigenvalue weighted by Crippen LogP contribution is 2.40. The molecule has 0 aliphatic rings. The Morgan fingerprint density at radius 3 is 2.38 bits per heavy atom. The molecule has 0 radical (unpaired) electrons. The second-order valence-corrected chi connectivity index (χ2v) is 6.29. The molecule has 0 fully saturated rings. The van der Waals surface area contributed by atoms with E-state index < -0.39 is 11.4 Å². The Labute approximate surface area is 143 Å². The van der Waals surface area contributed by atoms with Crippen LogP contribution in [0.5, 0.6) is 11.5 Å². The summed E-state index contributed by atoms with van der Waals surface area (Å²) >= 11 is 0. The first-order chi connectivity index (χ1) is 11.4. The maximum absolute atomic E-state index is 11.2. The molecule has 0 amide bonds. The molecule has 0 spiro atoms. The van der Waals surface area contributed by atoms with Crippen LogP contribution in [0.15, 0.2) is 48.5 Å². The summed E-state index contributed by atoms with van der Waals surface area (Å²) in [6.45, 7) is 6.64. The van der Waals surface area contributed by atoms with Crippen molar-refractivity contribution >= 4 is 5.97 Å². The standard InChI is InChI=1S/C20H24O4/c1-4-23-17-12-8-11-16(20(2,3)13-18(21)22)19(17)24-14-15-9-6-5-7-10-15/h5-12H,4,13-14H2,1-3H3,(H,21,22). The Kier molecular flexibility index (Phi) is 5.85. The molecule has 0 saturated carbocycles. The van der Waals surface area contributed by atoms with Gasteiger partial charge < -0.3 is 14.6 Å². The summed E-state index contributed by atoms with van der Waals surface area (Å²) in [6, 6.07) is 15.5. The van der Waals surface area contributed by atoms with Gasteiger partial charge in [-0.2, -0.15) is 0 Å². The zero-order chi connectivity index (χ0) is 17.6. The number of carboxylic acid groups (broad SMARTS) is 1. The van der Waals surface area contributed by atoms with E-state index in [1.807, 2.05) is 69.3 Å². The van der Waals surface area contributed by atoms with E-state index in [0.29, 0.717) is 24.7 Å². The van der Waals surface area contributed by atoms with Crippen LogP contribution >= 0.6 is 0 Å². The number of benzene rings is 2. The predicted molar refractivity (Wildman–Crippen MR) is 93.7 cm³/mol. The van der Waals surface area contributed by atoms with Crippen molar-refractivity contribution in [2.75, 3.05) is 6.61 Å². The number of hydrogen-bond donors (Lipinski definition) is 1. The van der Waals surface area contributed by atoms with Gasteiger partial charge in [-0.15, -0.1) is 0 Å². The monoisotopic (exact) mass is 328 g/mol. The molecule has 0 aliphatic carbocycles. The maximum atomic E-state index is 11.2. The quantitative estimate of drug-likeness (QED) is 0.779. The minimum Gasteiger partial charge on any atom is -0.490 e. The second kappa shape index (κ2) is 7.86. The van der Waals surface area contributed by atoms with Crippen molar-refractivity contribution in [2.24, 2.45) is 0 Å². The van der Waals surface area contributed by atoms with E-state index in [2.05, 4.69) is 0 Å². The molecule has 0 aliphatic heterocycles. The molecule has 2 aromatic rings. The smallest absolute Gasteiger partial charge is 0.304 e. The van der Waals surface area contributed by atoms with Crippen LogP contribution in [0.1, 0.15) is 38.3 Å². The van der Waals surface area contributed by atoms with E-state index in [9.17, 15) is 9.90 Å². The number of para-hydroxylation sites is 1. The molecule has 24 heavy (non-hydrogen) atoms. The molecule has 128 valence electrons. The summed E-state index contributed by atoms with van der Waals surface area (Å²) in [5.74, 6) is 0.426. The summed E-state index contributed by atoms with van der Waals surface area (Å²) in [6.07, 6.45) is 0.0181. The molecule has 0 bridgehead atoms. The number of hydrogen-bond acceptors (Lipinski definition) is 3. The maximum Gasteiger partial charge on any atom is 0.304 e. The number of rotatable bonds is 8. The number of aliphatic carboxylic acids is 1. The van der Waals surface area contributed by atoms with Crippen molar-refractivity contribution < 1.29 is 19.4 Å². The molecule has 2 aromatic carbocycles. The molecule has 2 rings (SSSR count). The van der Waals surface area contributed by atoms with Gasteiger partial charge in [-0.25, -0.2) is 0 Å². The minimum absolute atomic E-state index is 0.0181. The van der Waals surface area contributed by atoms with E-state index in [-0.39, 0.29) is 6.42 Å². The molecule has 4 heteroatoms. The summed E-state index contributed by atoms with van der Waals surface area (Å²) in [5.41, 5.74) is 1.32. The topological polar surface area (TPSA) is 55.8 Å². The van der Waals surface area contributed by atoms with E-state index in [1.165, 1.54) is 0 Å². The Morgan fingerprint density at radius 2 is 1.75 bits per heavy atom. The molecule has 0 heterocycles. The van der Waals surface area contributed by atoms with E-state index >= 15 is 0 Å². The Morgan fingerprint density at radius 1 is 1.04 bits per heavy atom. The lowest BCUT2D eigenvalue weighted by molar-refractivity contribution is -0.138. The van der Waals surface area contributed by atoms with Gasteiger partial charge in [-0.05, 0) is 18.6 Å². The van der Waals surface area contributed by atoms with Crippen molar-refractivity contribution in [3.05, 3.63) is 59.7 Å². The summed E-state index contributed by atoms with van der Waals surface area (Å²) in [5, 5.41) is 9.21. The van der Waals surface area contributed by atoms with Crippen LogP contribution in [-0.4, -0.2) is 17.7 Å². The molecular formula is C20H24O4. The van der Waals surface area contributed by atoms with Crippen LogP contribution in [0, 0.1) is 0 Å². The largest absolute Gasteiger partial charge is 0.490 e. The lowest BCUT2D eigenvalue weighted by Gasteiger charge is -2.27. The fourth-order valence-corrected chi connectivity index (χ4v) is 2.67. The third kappa shape index (κ3) is 4.51. The van der Waals surface area contributed by atoms with Crippen molar-refractivity contribution in [1.29, 1.82) is 0 Å². The van der Waals surface area contributed by atoms with E-state index in [1.54, 1.807) is 0 Å². The van der Waals surface area contributed by atoms with Crippen molar-refractivity contribution in [3.8, 4) is 11.5 Å². The average molecular weight is 328 g/mol. The lowest BCUT2D eigenvalue weighted by atomic mass is 9.81. The van der Waals surface area contributed by atoms with Gasteiger partial charge in [0.25, 0.3) is 0 Å². The average Bonchev–Trinajstić information content (AvgIpc) is 2.53. The second-order valence-electron chi connectivity index (χ2n) is 6.29. The molecule has 4 nitrogen and oxygen atoms in total. The van der Waals surface area contributed by atoms with Gasteiger partial charge >= 0.3 is 5.97 Å². The fourth-order valence-electron chi connectivity index (χ4n) is 2.67. The molecule has 0 unspecified atom stereocenters. The van der Waals surface area contributed by atoms with Gasteiger partial charge in [0.1, 0.15) is 6.61 Å². The molecular weight excluding hydrogens is 304 g/mol. The van der Waals surface area contributed by atoms with E-state index in [0.717, 1.165) is 11.1 Å². The molecule has 1 N–H and O–H groups in total. The van der Waals surface area contributed by atoms with Crippen LogP contribution < -0.4 is 9.47 Å². The van der Waals surface area contributed by atoms with Crippen LogP contribution in [0.25, 0.3) is 0 Å². The Hall–Kier alpha value is -2.49. The third-order valence-corrected chi connectivity index (χ3v) is 3.83. The van der Waals surface area contributed by atoms with Crippen LogP contribution in [-0.2, 0) is 16.8 Å². The fraction of sp³-hybridized carbons (Fsp3) is 0.350. The molecule has 0 aromatic heterocycles. The SMILES string of the molecule is CCOc1cccc(C(C)(C)CC(=O)O)c1OCc1ccccc1. The van der Waals surface area contributed by atoms with E-state index in [4.69, 9.17) is 9.47 Å². The van der Waals surface area contributed by atoms with Crippen molar-refractivity contribution in [3.63, 3.8) is 0 Å². The predicted octanol–water partition coefficient (Wildman–Crippen LogP) is 4.42. The van der Waals surface area contributed by atoms with Gasteiger partial charge in [0.2, 0.25) is 0 Å². The Bertz CT molecular complexity index is 677. The van der Waals surface area contributed by atoms with Gasteiger partial charge in [0.15, 0.2) is 11.5 Å². The minimum atomic E-state index is -0.837. The van der Waals surface area contributed by atoms with Crippen LogP contribution in [0.3, 0.4) is 0 Å². The summed E-state index contributed by atoms with van der Waals surface area (Å²) in [7, 11) is 0. The van der Waals surface area contributed by atoms with Crippen LogP contribution in [0.4, 0.5) is 0 Å². The summed E-state index contributed by atoms with van der Waals surface area (Å²) < 4.78 is 11.8. The first-order valence-corrected chi connectivity index (χ1v) is 8.09.